The van der Waals surface area contributed by atoms with E-state index in [0.717, 1.165) is 0 Å². The number of methoxy groups -OCH3 is 3. The minimum absolute atomic E-state index is 0.205. The number of benzene rings is 3. The third-order valence-electron chi connectivity index (χ3n) is 6.91. The Kier molecular flexibility index (Phi) is 5.10. The molecule has 1 heterocycles. The molecule has 2 unspecified atom stereocenters. The first-order valence-corrected chi connectivity index (χ1v) is 10.8. The van der Waals surface area contributed by atoms with Gasteiger partial charge in [0.1, 0.15) is 23.2 Å². The van der Waals surface area contributed by atoms with Crippen LogP contribution in [0.4, 0.5) is 0 Å². The van der Waals surface area contributed by atoms with E-state index in [1.165, 1.54) is 14.2 Å². The van der Waals surface area contributed by atoms with E-state index in [9.17, 15) is 14.7 Å². The molecule has 7 nitrogen and oxygen atoms in total. The number of ketones is 1. The standard InChI is InChI=1S/C27H24O7/c1-31-18-11-9-17(10-12-18)27-22(16-7-5-4-6-8-16)23(24(28)33-3)26(30,25(27)29)20-14-13-19(32-2)15-21(20)34-27/h4-15,22-23,30H,1-3H3/t22?,23?,26-,27-/m0/s1. The summed E-state index contributed by atoms with van der Waals surface area (Å²) in [6.07, 6.45) is 0. The lowest BCUT2D eigenvalue weighted by atomic mass is 9.75. The molecule has 0 amide bonds. The van der Waals surface area contributed by atoms with Crippen LogP contribution in [0.2, 0.25) is 0 Å². The molecule has 0 aromatic heterocycles. The molecule has 7 heteroatoms. The van der Waals surface area contributed by atoms with E-state index in [2.05, 4.69) is 0 Å². The van der Waals surface area contributed by atoms with Gasteiger partial charge in [-0.3, -0.25) is 9.59 Å². The highest BCUT2D eigenvalue weighted by atomic mass is 16.5. The zero-order valence-corrected chi connectivity index (χ0v) is 19.0. The lowest BCUT2D eigenvalue weighted by Gasteiger charge is -2.39. The number of fused-ring (bicyclic) bond motifs is 4. The molecule has 3 aromatic rings. The predicted octanol–water partition coefficient (Wildman–Crippen LogP) is 3.34. The van der Waals surface area contributed by atoms with E-state index >= 15 is 0 Å². The van der Waals surface area contributed by atoms with Crippen molar-refractivity contribution in [3.05, 3.63) is 89.5 Å². The molecule has 2 bridgehead atoms. The normalized spacial score (nSPS) is 26.9. The van der Waals surface area contributed by atoms with Crippen molar-refractivity contribution in [1.29, 1.82) is 0 Å². The molecular weight excluding hydrogens is 436 g/mol. The van der Waals surface area contributed by atoms with Crippen LogP contribution in [0.25, 0.3) is 0 Å². The van der Waals surface area contributed by atoms with Gasteiger partial charge in [-0.2, -0.15) is 0 Å². The number of aliphatic hydroxyl groups is 1. The number of hydrogen-bond acceptors (Lipinski definition) is 7. The molecule has 3 aromatic carbocycles. The topological polar surface area (TPSA) is 91.3 Å². The lowest BCUT2D eigenvalue weighted by molar-refractivity contribution is -0.162. The number of Topliss-reactive ketones (excluding diaryl/α,β-unsaturated/α-hetero) is 1. The van der Waals surface area contributed by atoms with E-state index in [4.69, 9.17) is 18.9 Å². The zero-order chi connectivity index (χ0) is 24.1. The van der Waals surface area contributed by atoms with Crippen LogP contribution in [-0.2, 0) is 25.5 Å². The number of esters is 1. The van der Waals surface area contributed by atoms with Crippen LogP contribution < -0.4 is 14.2 Å². The zero-order valence-electron chi connectivity index (χ0n) is 19.0. The van der Waals surface area contributed by atoms with E-state index < -0.39 is 34.8 Å². The Labute approximate surface area is 196 Å². The molecule has 1 aliphatic carbocycles. The summed E-state index contributed by atoms with van der Waals surface area (Å²) < 4.78 is 22.3. The number of rotatable bonds is 5. The summed E-state index contributed by atoms with van der Waals surface area (Å²) in [5, 5.41) is 12.1. The molecule has 0 radical (unpaired) electrons. The highest BCUT2D eigenvalue weighted by Crippen LogP contribution is 2.64. The maximum atomic E-state index is 14.3. The quantitative estimate of drug-likeness (QED) is 0.584. The Balaban J connectivity index is 1.86. The summed E-state index contributed by atoms with van der Waals surface area (Å²) in [5.74, 6) is -2.08. The Morgan fingerprint density at radius 3 is 2.18 bits per heavy atom. The van der Waals surface area contributed by atoms with Crippen LogP contribution in [0.15, 0.2) is 72.8 Å². The van der Waals surface area contributed by atoms with Crippen molar-refractivity contribution in [3.8, 4) is 17.2 Å². The maximum absolute atomic E-state index is 14.3. The van der Waals surface area contributed by atoms with Gasteiger partial charge in [0, 0.05) is 17.2 Å². The van der Waals surface area contributed by atoms with E-state index in [0.29, 0.717) is 22.6 Å². The molecule has 1 aliphatic heterocycles. The summed E-state index contributed by atoms with van der Waals surface area (Å²) in [6, 6.07) is 20.8. The van der Waals surface area contributed by atoms with Gasteiger partial charge in [-0.15, -0.1) is 0 Å². The average Bonchev–Trinajstić information content (AvgIpc) is 3.01. The fraction of sp³-hybridized carbons (Fsp3) is 0.259. The third-order valence-corrected chi connectivity index (χ3v) is 6.91. The van der Waals surface area contributed by atoms with Crippen molar-refractivity contribution in [2.24, 2.45) is 5.92 Å². The maximum Gasteiger partial charge on any atom is 0.313 e. The van der Waals surface area contributed by atoms with Gasteiger partial charge in [0.25, 0.3) is 0 Å². The fourth-order valence-corrected chi connectivity index (χ4v) is 5.37. The fourth-order valence-electron chi connectivity index (χ4n) is 5.37. The lowest BCUT2D eigenvalue weighted by Crippen LogP contribution is -2.51. The largest absolute Gasteiger partial charge is 0.497 e. The van der Waals surface area contributed by atoms with E-state index in [-0.39, 0.29) is 11.3 Å². The SMILES string of the molecule is COC(=O)C1C(c2ccccc2)[C@]2(c3ccc(OC)cc3)Oc3cc(OC)ccc3[C@@]1(O)C2=O. The molecular formula is C27H24O7. The number of carbonyl (C=O) groups is 2. The Morgan fingerprint density at radius 1 is 0.912 bits per heavy atom. The smallest absolute Gasteiger partial charge is 0.313 e. The van der Waals surface area contributed by atoms with Crippen molar-refractivity contribution in [2.75, 3.05) is 21.3 Å². The van der Waals surface area contributed by atoms with Crippen molar-refractivity contribution in [2.45, 2.75) is 17.1 Å². The molecule has 0 spiro atoms. The summed E-state index contributed by atoms with van der Waals surface area (Å²) in [7, 11) is 4.31. The van der Waals surface area contributed by atoms with Crippen molar-refractivity contribution in [3.63, 3.8) is 0 Å². The van der Waals surface area contributed by atoms with Gasteiger partial charge in [-0.25, -0.2) is 0 Å². The van der Waals surface area contributed by atoms with Crippen molar-refractivity contribution >= 4 is 11.8 Å². The molecule has 1 N–H and O–H groups in total. The van der Waals surface area contributed by atoms with Gasteiger partial charge in [0.2, 0.25) is 11.4 Å². The molecule has 174 valence electrons. The first kappa shape index (κ1) is 22.0. The Hall–Kier alpha value is -3.84. The predicted molar refractivity (Wildman–Crippen MR) is 122 cm³/mol. The van der Waals surface area contributed by atoms with Gasteiger partial charge < -0.3 is 24.1 Å². The second-order valence-corrected chi connectivity index (χ2v) is 8.41. The second-order valence-electron chi connectivity index (χ2n) is 8.41. The molecule has 34 heavy (non-hydrogen) atoms. The third kappa shape index (κ3) is 2.80. The molecule has 1 saturated carbocycles. The summed E-state index contributed by atoms with van der Waals surface area (Å²) in [6.45, 7) is 0. The van der Waals surface area contributed by atoms with Gasteiger partial charge in [0.15, 0.2) is 5.60 Å². The van der Waals surface area contributed by atoms with Crippen LogP contribution in [0.3, 0.4) is 0 Å². The highest BCUT2D eigenvalue weighted by Gasteiger charge is 2.76. The molecule has 1 fully saturated rings. The van der Waals surface area contributed by atoms with Crippen LogP contribution in [0, 0.1) is 5.92 Å². The van der Waals surface area contributed by atoms with E-state index in [1.807, 2.05) is 30.3 Å². The molecule has 0 saturated heterocycles. The van der Waals surface area contributed by atoms with Gasteiger partial charge >= 0.3 is 5.97 Å². The molecule has 4 atom stereocenters. The Bertz CT molecular complexity index is 1250. The molecule has 2 aliphatic rings. The average molecular weight is 460 g/mol. The highest BCUT2D eigenvalue weighted by molar-refractivity contribution is 6.07. The second kappa shape index (κ2) is 7.88. The van der Waals surface area contributed by atoms with E-state index in [1.54, 1.807) is 49.6 Å². The van der Waals surface area contributed by atoms with Crippen LogP contribution in [0.1, 0.15) is 22.6 Å². The summed E-state index contributed by atoms with van der Waals surface area (Å²) >= 11 is 0. The summed E-state index contributed by atoms with van der Waals surface area (Å²) in [4.78, 5) is 27.5. The van der Waals surface area contributed by atoms with Gasteiger partial charge in [-0.05, 0) is 29.8 Å². The molecule has 5 rings (SSSR count). The van der Waals surface area contributed by atoms with Crippen molar-refractivity contribution in [1.82, 2.24) is 0 Å². The van der Waals surface area contributed by atoms with Crippen LogP contribution >= 0.6 is 0 Å². The first-order chi connectivity index (χ1) is 16.4. The first-order valence-electron chi connectivity index (χ1n) is 10.8. The van der Waals surface area contributed by atoms with Crippen LogP contribution in [-0.4, -0.2) is 38.2 Å². The minimum Gasteiger partial charge on any atom is -0.497 e. The summed E-state index contributed by atoms with van der Waals surface area (Å²) in [5.41, 5.74) is -2.51. The number of ether oxygens (including phenoxy) is 4. The number of carbonyl (C=O) groups excluding carboxylic acids is 2. The minimum atomic E-state index is -2.17. The van der Waals surface area contributed by atoms with Gasteiger partial charge in [0.05, 0.1) is 27.2 Å². The van der Waals surface area contributed by atoms with Crippen molar-refractivity contribution < 1.29 is 33.6 Å². The van der Waals surface area contributed by atoms with Gasteiger partial charge in [-0.1, -0.05) is 42.5 Å². The van der Waals surface area contributed by atoms with Crippen LogP contribution in [0.5, 0.6) is 17.2 Å². The Morgan fingerprint density at radius 2 is 1.56 bits per heavy atom. The number of hydrogen-bond donors (Lipinski definition) is 1. The monoisotopic (exact) mass is 460 g/mol.